The number of nitrogens with one attached hydrogen (secondary N) is 3. The zero-order chi connectivity index (χ0) is 32.6. The summed E-state index contributed by atoms with van der Waals surface area (Å²) >= 11 is 10.9. The number of amides is 2. The second-order valence-electron chi connectivity index (χ2n) is 10.1. The van der Waals surface area contributed by atoms with Gasteiger partial charge in [0.05, 0.1) is 23.5 Å². The molecule has 4 aromatic carbocycles. The first-order chi connectivity index (χ1) is 22.2. The van der Waals surface area contributed by atoms with E-state index >= 15 is 0 Å². The van der Waals surface area contributed by atoms with Gasteiger partial charge in [0.15, 0.2) is 23.2 Å². The van der Waals surface area contributed by atoms with Gasteiger partial charge in [-0.3, -0.25) is 9.59 Å². The number of hydrogen-bond acceptors (Lipinski definition) is 8. The lowest BCUT2D eigenvalue weighted by molar-refractivity contribution is -0.118. The van der Waals surface area contributed by atoms with Crippen LogP contribution < -0.4 is 25.5 Å². The second-order valence-corrected chi connectivity index (χ2v) is 12.3. The van der Waals surface area contributed by atoms with E-state index in [1.54, 1.807) is 24.3 Å². The van der Waals surface area contributed by atoms with Crippen molar-refractivity contribution in [2.24, 2.45) is 5.10 Å². The summed E-state index contributed by atoms with van der Waals surface area (Å²) in [4.78, 5) is 29.9. The van der Waals surface area contributed by atoms with Gasteiger partial charge in [-0.15, -0.1) is 11.3 Å². The van der Waals surface area contributed by atoms with Crippen molar-refractivity contribution in [1.82, 2.24) is 10.4 Å². The molecule has 12 heteroatoms. The Labute approximate surface area is 283 Å². The van der Waals surface area contributed by atoms with E-state index in [4.69, 9.17) is 21.1 Å². The molecule has 5 aromatic rings. The minimum atomic E-state index is -0.369. The number of hydrogen-bond donors (Lipinski definition) is 3. The molecule has 1 heterocycles. The average Bonchev–Trinajstić information content (AvgIpc) is 3.51. The van der Waals surface area contributed by atoms with Crippen molar-refractivity contribution in [3.05, 3.63) is 116 Å². The normalized spacial score (nSPS) is 10.9. The number of ether oxygens (including phenoxy) is 2. The van der Waals surface area contributed by atoms with Gasteiger partial charge < -0.3 is 20.1 Å². The highest BCUT2D eigenvalue weighted by Gasteiger charge is 2.14. The minimum absolute atomic E-state index is 0.214. The van der Waals surface area contributed by atoms with Crippen LogP contribution in [0.1, 0.15) is 27.0 Å². The van der Waals surface area contributed by atoms with Crippen molar-refractivity contribution < 1.29 is 19.1 Å². The first kappa shape index (κ1) is 32.7. The molecule has 0 unspecified atom stereocenters. The maximum Gasteiger partial charge on any atom is 0.271 e. The van der Waals surface area contributed by atoms with Crippen LogP contribution in [0, 0.1) is 13.8 Å². The number of halogens is 2. The molecule has 2 amide bonds. The summed E-state index contributed by atoms with van der Waals surface area (Å²) in [6.07, 6.45) is 1.49. The molecule has 0 bridgehead atoms. The number of thiazole rings is 1. The van der Waals surface area contributed by atoms with Crippen LogP contribution in [0.5, 0.6) is 11.5 Å². The topological polar surface area (TPSA) is 114 Å². The molecule has 0 atom stereocenters. The Morgan fingerprint density at radius 2 is 1.78 bits per heavy atom. The van der Waals surface area contributed by atoms with Crippen molar-refractivity contribution >= 4 is 73.4 Å². The first-order valence-electron chi connectivity index (χ1n) is 14.0. The lowest BCUT2D eigenvalue weighted by Gasteiger charge is -2.14. The third-order valence-corrected chi connectivity index (χ3v) is 8.29. The molecule has 5 rings (SSSR count). The lowest BCUT2D eigenvalue weighted by Crippen LogP contribution is -2.21. The Kier molecular flexibility index (Phi) is 10.7. The molecular formula is C34H29BrClN5O4S. The highest BCUT2D eigenvalue weighted by molar-refractivity contribution is 9.10. The molecule has 0 aliphatic carbocycles. The predicted octanol–water partition coefficient (Wildman–Crippen LogP) is 8.38. The molecule has 0 fully saturated rings. The summed E-state index contributed by atoms with van der Waals surface area (Å²) in [5, 5.41) is 13.6. The van der Waals surface area contributed by atoms with Crippen LogP contribution in [-0.4, -0.2) is 36.7 Å². The maximum atomic E-state index is 12.7. The number of rotatable bonds is 11. The number of carbonyl (C=O) groups is 2. The second kappa shape index (κ2) is 15.0. The van der Waals surface area contributed by atoms with E-state index in [-0.39, 0.29) is 18.4 Å². The Balaban J connectivity index is 1.16. The third-order valence-electron chi connectivity index (χ3n) is 6.69. The summed E-state index contributed by atoms with van der Waals surface area (Å²) in [6, 6.07) is 23.8. The zero-order valence-electron chi connectivity index (χ0n) is 25.1. The van der Waals surface area contributed by atoms with Crippen LogP contribution in [-0.2, 0) is 4.79 Å². The monoisotopic (exact) mass is 717 g/mol. The smallest absolute Gasteiger partial charge is 0.271 e. The van der Waals surface area contributed by atoms with Crippen molar-refractivity contribution in [2.45, 2.75) is 13.8 Å². The fourth-order valence-corrected chi connectivity index (χ4v) is 5.73. The number of methoxy groups -OCH3 is 1. The van der Waals surface area contributed by atoms with Crippen LogP contribution in [0.2, 0.25) is 5.02 Å². The SMILES string of the molecule is COc1cc(/C=N\NC(=O)c2ccc(-c3csc(Nc4ccc(Cl)cc4)n3)cc2)cc(Br)c1OCC(=O)Nc1cc(C)ccc1C. The Bertz CT molecular complexity index is 1900. The first-order valence-corrected chi connectivity index (χ1v) is 16.0. The van der Waals surface area contributed by atoms with Crippen molar-refractivity contribution in [3.63, 3.8) is 0 Å². The summed E-state index contributed by atoms with van der Waals surface area (Å²) in [5.41, 5.74) is 8.92. The molecule has 1 aromatic heterocycles. The molecule has 0 saturated heterocycles. The average molecular weight is 719 g/mol. The van der Waals surface area contributed by atoms with Crippen LogP contribution in [0.15, 0.2) is 93.8 Å². The van der Waals surface area contributed by atoms with Gasteiger partial charge in [0.1, 0.15) is 0 Å². The molecule has 0 saturated carbocycles. The Hall–Kier alpha value is -4.71. The largest absolute Gasteiger partial charge is 0.493 e. The third kappa shape index (κ3) is 8.51. The summed E-state index contributed by atoms with van der Waals surface area (Å²) in [6.45, 7) is 3.67. The molecule has 234 valence electrons. The Morgan fingerprint density at radius 1 is 1.02 bits per heavy atom. The van der Waals surface area contributed by atoms with E-state index in [1.807, 2.05) is 73.8 Å². The van der Waals surface area contributed by atoms with Crippen LogP contribution in [0.3, 0.4) is 0 Å². The summed E-state index contributed by atoms with van der Waals surface area (Å²) in [7, 11) is 1.50. The lowest BCUT2D eigenvalue weighted by atomic mass is 10.1. The van der Waals surface area contributed by atoms with Gasteiger partial charge in [-0.25, -0.2) is 10.4 Å². The van der Waals surface area contributed by atoms with Crippen LogP contribution >= 0.6 is 38.9 Å². The van der Waals surface area contributed by atoms with E-state index in [0.717, 1.165) is 38.9 Å². The predicted molar refractivity (Wildman–Crippen MR) is 188 cm³/mol. The molecule has 9 nitrogen and oxygen atoms in total. The van der Waals surface area contributed by atoms with Crippen molar-refractivity contribution in [1.29, 1.82) is 0 Å². The fraction of sp³-hybridized carbons (Fsp3) is 0.118. The van der Waals surface area contributed by atoms with E-state index in [2.05, 4.69) is 42.1 Å². The molecule has 3 N–H and O–H groups in total. The number of aromatic nitrogens is 1. The van der Waals surface area contributed by atoms with Gasteiger partial charge >= 0.3 is 0 Å². The van der Waals surface area contributed by atoms with Gasteiger partial charge in [0, 0.05) is 32.9 Å². The number of nitrogens with zero attached hydrogens (tertiary/aromatic N) is 2. The fourth-order valence-electron chi connectivity index (χ4n) is 4.29. The van der Waals surface area contributed by atoms with Crippen LogP contribution in [0.4, 0.5) is 16.5 Å². The number of anilines is 3. The summed E-state index contributed by atoms with van der Waals surface area (Å²) in [5.74, 6) is 0.0947. The van der Waals surface area contributed by atoms with Gasteiger partial charge in [-0.05, 0) is 101 Å². The van der Waals surface area contributed by atoms with Crippen molar-refractivity contribution in [3.8, 4) is 22.8 Å². The zero-order valence-corrected chi connectivity index (χ0v) is 28.2. The molecule has 0 aliphatic rings. The van der Waals surface area contributed by atoms with Crippen molar-refractivity contribution in [2.75, 3.05) is 24.4 Å². The van der Waals surface area contributed by atoms with E-state index in [1.165, 1.54) is 24.7 Å². The highest BCUT2D eigenvalue weighted by atomic mass is 79.9. The quantitative estimate of drug-likeness (QED) is 0.0935. The number of aryl methyl sites for hydroxylation is 2. The van der Waals surface area contributed by atoms with E-state index in [0.29, 0.717) is 32.1 Å². The van der Waals surface area contributed by atoms with E-state index < -0.39 is 0 Å². The highest BCUT2D eigenvalue weighted by Crippen LogP contribution is 2.36. The van der Waals surface area contributed by atoms with E-state index in [9.17, 15) is 9.59 Å². The molecule has 0 radical (unpaired) electrons. The minimum Gasteiger partial charge on any atom is -0.493 e. The number of hydrazone groups is 1. The van der Waals surface area contributed by atoms with Crippen LogP contribution in [0.25, 0.3) is 11.3 Å². The van der Waals surface area contributed by atoms with Gasteiger partial charge in [0.25, 0.3) is 11.8 Å². The molecule has 46 heavy (non-hydrogen) atoms. The molecule has 0 spiro atoms. The summed E-state index contributed by atoms with van der Waals surface area (Å²) < 4.78 is 11.8. The number of carbonyl (C=O) groups excluding carboxylic acids is 2. The molecule has 0 aliphatic heterocycles. The van der Waals surface area contributed by atoms with Gasteiger partial charge in [-0.2, -0.15) is 5.10 Å². The van der Waals surface area contributed by atoms with Gasteiger partial charge in [0.2, 0.25) is 0 Å². The Morgan fingerprint density at radius 3 is 2.52 bits per heavy atom. The number of benzene rings is 4. The standard InChI is InChI=1S/C34H29BrClN5O4S/c1-20-4-5-21(2)28(14-20)39-31(42)18-45-32-27(35)15-22(16-30(32)44-3)17-37-41-33(43)24-8-6-23(7-9-24)29-19-46-34(40-29)38-26-12-10-25(36)11-13-26/h4-17,19H,18H2,1-3H3,(H,38,40)(H,39,42)(H,41,43)/b37-17-. The maximum absolute atomic E-state index is 12.7. The van der Waals surface area contributed by atoms with Gasteiger partial charge in [-0.1, -0.05) is 35.9 Å². The molecular weight excluding hydrogens is 690 g/mol.